The number of carbonyl (C=O) groups excluding carboxylic acids is 1. The molecule has 4 rings (SSSR count). The van der Waals surface area contributed by atoms with Crippen LogP contribution in [-0.4, -0.2) is 24.3 Å². The Bertz CT molecular complexity index is 947. The number of benzene rings is 2. The number of esters is 1. The van der Waals surface area contributed by atoms with E-state index in [0.717, 1.165) is 11.1 Å². The molecule has 0 saturated heterocycles. The topological polar surface area (TPSA) is 70.8 Å². The van der Waals surface area contributed by atoms with Gasteiger partial charge in [-0.05, 0) is 37.3 Å². The molecule has 132 valence electrons. The number of hydrogen-bond acceptors (Lipinski definition) is 6. The summed E-state index contributed by atoms with van der Waals surface area (Å²) in [6, 6.07) is 14.5. The molecule has 1 aliphatic rings. The highest BCUT2D eigenvalue weighted by Crippen LogP contribution is 2.34. The van der Waals surface area contributed by atoms with Gasteiger partial charge >= 0.3 is 5.97 Å². The normalized spacial score (nSPS) is 12.7. The van der Waals surface area contributed by atoms with E-state index in [1.165, 1.54) is 0 Å². The Morgan fingerprint density at radius 2 is 1.92 bits per heavy atom. The van der Waals surface area contributed by atoms with Gasteiger partial charge in [0.05, 0.1) is 5.56 Å². The summed E-state index contributed by atoms with van der Waals surface area (Å²) >= 11 is 0. The predicted octanol–water partition coefficient (Wildman–Crippen LogP) is 3.78. The van der Waals surface area contributed by atoms with Crippen molar-refractivity contribution in [3.05, 3.63) is 65.4 Å². The van der Waals surface area contributed by atoms with Crippen LogP contribution in [0.3, 0.4) is 0 Å². The molecule has 6 nitrogen and oxygen atoms in total. The van der Waals surface area contributed by atoms with Crippen molar-refractivity contribution < 1.29 is 23.5 Å². The molecule has 0 saturated carbocycles. The minimum atomic E-state index is -0.391. The molecule has 0 aliphatic carbocycles. The molecular weight excluding hydrogens is 334 g/mol. The minimum Gasteiger partial charge on any atom is -0.486 e. The number of aromatic nitrogens is 1. The van der Waals surface area contributed by atoms with Crippen LogP contribution >= 0.6 is 0 Å². The summed E-state index contributed by atoms with van der Waals surface area (Å²) in [6.07, 6.45) is 0. The van der Waals surface area contributed by atoms with E-state index in [2.05, 4.69) is 5.16 Å². The molecule has 0 bridgehead atoms. The lowest BCUT2D eigenvalue weighted by atomic mass is 10.1. The third kappa shape index (κ3) is 3.39. The van der Waals surface area contributed by atoms with Crippen molar-refractivity contribution in [3.63, 3.8) is 0 Å². The van der Waals surface area contributed by atoms with Crippen LogP contribution < -0.4 is 9.47 Å². The molecule has 2 aromatic carbocycles. The van der Waals surface area contributed by atoms with Crippen LogP contribution in [-0.2, 0) is 11.3 Å². The van der Waals surface area contributed by atoms with Gasteiger partial charge in [-0.15, -0.1) is 0 Å². The van der Waals surface area contributed by atoms with Crippen molar-refractivity contribution in [2.75, 3.05) is 13.2 Å². The minimum absolute atomic E-state index is 0.0425. The summed E-state index contributed by atoms with van der Waals surface area (Å²) in [5, 5.41) is 3.96. The SMILES string of the molecule is Cc1cccc(C(=O)OCc2cc(-c3ccc4c(c3)OCCO4)on2)c1. The lowest BCUT2D eigenvalue weighted by molar-refractivity contribution is 0.0464. The van der Waals surface area contributed by atoms with E-state index < -0.39 is 5.97 Å². The average Bonchev–Trinajstić information content (AvgIpc) is 3.15. The van der Waals surface area contributed by atoms with E-state index in [4.69, 9.17) is 18.7 Å². The highest BCUT2D eigenvalue weighted by molar-refractivity contribution is 5.89. The molecule has 0 fully saturated rings. The van der Waals surface area contributed by atoms with E-state index in [1.54, 1.807) is 18.2 Å². The van der Waals surface area contributed by atoms with Gasteiger partial charge in [-0.25, -0.2) is 4.79 Å². The Balaban J connectivity index is 1.44. The van der Waals surface area contributed by atoms with Gasteiger partial charge in [0.15, 0.2) is 17.3 Å². The molecule has 3 aromatic rings. The van der Waals surface area contributed by atoms with Crippen molar-refractivity contribution in [2.24, 2.45) is 0 Å². The fourth-order valence-corrected chi connectivity index (χ4v) is 2.71. The predicted molar refractivity (Wildman–Crippen MR) is 93.2 cm³/mol. The molecule has 1 aliphatic heterocycles. The molecule has 26 heavy (non-hydrogen) atoms. The van der Waals surface area contributed by atoms with Crippen LogP contribution in [0.2, 0.25) is 0 Å². The summed E-state index contributed by atoms with van der Waals surface area (Å²) in [5.41, 5.74) is 2.87. The smallest absolute Gasteiger partial charge is 0.338 e. The van der Waals surface area contributed by atoms with Crippen molar-refractivity contribution in [3.8, 4) is 22.8 Å². The molecular formula is C20H17NO5. The number of carbonyl (C=O) groups is 1. The van der Waals surface area contributed by atoms with Crippen LogP contribution in [0.1, 0.15) is 21.6 Å². The van der Waals surface area contributed by atoms with E-state index in [0.29, 0.717) is 41.7 Å². The largest absolute Gasteiger partial charge is 0.486 e. The van der Waals surface area contributed by atoms with E-state index in [-0.39, 0.29) is 6.61 Å². The van der Waals surface area contributed by atoms with Crippen LogP contribution in [0.25, 0.3) is 11.3 Å². The van der Waals surface area contributed by atoms with Gasteiger partial charge in [0.2, 0.25) is 0 Å². The number of ether oxygens (including phenoxy) is 3. The molecule has 2 heterocycles. The van der Waals surface area contributed by atoms with Gasteiger partial charge in [0.1, 0.15) is 25.5 Å². The second-order valence-corrected chi connectivity index (χ2v) is 5.99. The quantitative estimate of drug-likeness (QED) is 0.666. The average molecular weight is 351 g/mol. The zero-order chi connectivity index (χ0) is 17.9. The van der Waals surface area contributed by atoms with Gasteiger partial charge < -0.3 is 18.7 Å². The zero-order valence-electron chi connectivity index (χ0n) is 14.2. The lowest BCUT2D eigenvalue weighted by Crippen LogP contribution is -2.15. The molecule has 0 unspecified atom stereocenters. The number of rotatable bonds is 4. The van der Waals surface area contributed by atoms with Gasteiger partial charge in [0, 0.05) is 11.6 Å². The summed E-state index contributed by atoms with van der Waals surface area (Å²) in [7, 11) is 0. The van der Waals surface area contributed by atoms with Crippen LogP contribution in [0.4, 0.5) is 0 Å². The summed E-state index contributed by atoms with van der Waals surface area (Å²) in [6.45, 7) is 3.03. The highest BCUT2D eigenvalue weighted by Gasteiger charge is 2.15. The fraction of sp³-hybridized carbons (Fsp3) is 0.200. The van der Waals surface area contributed by atoms with Crippen LogP contribution in [0.15, 0.2) is 53.1 Å². The van der Waals surface area contributed by atoms with Crippen LogP contribution in [0.5, 0.6) is 11.5 Å². The first kappa shape index (κ1) is 16.2. The third-order valence-electron chi connectivity index (χ3n) is 3.99. The molecule has 6 heteroatoms. The first-order valence-electron chi connectivity index (χ1n) is 8.28. The maximum atomic E-state index is 12.1. The second kappa shape index (κ2) is 6.92. The lowest BCUT2D eigenvalue weighted by Gasteiger charge is -2.18. The Morgan fingerprint density at radius 3 is 2.77 bits per heavy atom. The standard InChI is InChI=1S/C20H17NO5/c1-13-3-2-4-15(9-13)20(22)25-12-16-11-18(26-21-16)14-5-6-17-19(10-14)24-8-7-23-17/h2-6,9-11H,7-8,12H2,1H3. The summed E-state index contributed by atoms with van der Waals surface area (Å²) in [5.74, 6) is 1.57. The third-order valence-corrected chi connectivity index (χ3v) is 3.99. The molecule has 0 atom stereocenters. The Kier molecular flexibility index (Phi) is 4.31. The van der Waals surface area contributed by atoms with Gasteiger partial charge in [-0.2, -0.15) is 0 Å². The number of hydrogen-bond donors (Lipinski definition) is 0. The number of fused-ring (bicyclic) bond motifs is 1. The Morgan fingerprint density at radius 1 is 1.08 bits per heavy atom. The first-order valence-corrected chi connectivity index (χ1v) is 8.28. The van der Waals surface area contributed by atoms with Gasteiger partial charge in [-0.3, -0.25) is 0 Å². The second-order valence-electron chi connectivity index (χ2n) is 5.99. The van der Waals surface area contributed by atoms with Crippen molar-refractivity contribution in [1.29, 1.82) is 0 Å². The Labute approximate surface area is 150 Å². The fourth-order valence-electron chi connectivity index (χ4n) is 2.71. The molecule has 0 radical (unpaired) electrons. The molecule has 0 amide bonds. The number of nitrogens with zero attached hydrogens (tertiary/aromatic N) is 1. The highest BCUT2D eigenvalue weighted by atomic mass is 16.6. The van der Waals surface area contributed by atoms with Crippen LogP contribution in [0, 0.1) is 6.92 Å². The molecule has 0 N–H and O–H groups in total. The molecule has 0 spiro atoms. The Hall–Kier alpha value is -3.28. The van der Waals surface area contributed by atoms with Crippen molar-refractivity contribution >= 4 is 5.97 Å². The van der Waals surface area contributed by atoms with Gasteiger partial charge in [-0.1, -0.05) is 22.9 Å². The van der Waals surface area contributed by atoms with Crippen molar-refractivity contribution in [1.82, 2.24) is 5.16 Å². The molecule has 1 aromatic heterocycles. The number of aryl methyl sites for hydroxylation is 1. The monoisotopic (exact) mass is 351 g/mol. The van der Waals surface area contributed by atoms with E-state index >= 15 is 0 Å². The maximum Gasteiger partial charge on any atom is 0.338 e. The maximum absolute atomic E-state index is 12.1. The first-order chi connectivity index (χ1) is 12.7. The van der Waals surface area contributed by atoms with E-state index in [1.807, 2.05) is 37.3 Å². The zero-order valence-corrected chi connectivity index (χ0v) is 14.2. The summed E-state index contributed by atoms with van der Waals surface area (Å²) < 4.78 is 21.7. The van der Waals surface area contributed by atoms with Crippen molar-refractivity contribution in [2.45, 2.75) is 13.5 Å². The van der Waals surface area contributed by atoms with E-state index in [9.17, 15) is 4.79 Å². The van der Waals surface area contributed by atoms with Gasteiger partial charge in [0.25, 0.3) is 0 Å². The summed E-state index contributed by atoms with van der Waals surface area (Å²) in [4.78, 5) is 12.1.